The number of hydrogen-bond acceptors (Lipinski definition) is 8. The molecule has 0 radical (unpaired) electrons. The molecule has 2 aliphatic rings. The summed E-state index contributed by atoms with van der Waals surface area (Å²) in [4.78, 5) is 52.6. The number of benzene rings is 2. The van der Waals surface area contributed by atoms with Crippen molar-refractivity contribution in [1.82, 2.24) is 19.2 Å². The van der Waals surface area contributed by atoms with E-state index < -0.39 is 61.5 Å². The first-order valence-electron chi connectivity index (χ1n) is 19.6. The zero-order valence-corrected chi connectivity index (χ0v) is 36.6. The van der Waals surface area contributed by atoms with Gasteiger partial charge in [0.05, 0.1) is 0 Å². The van der Waals surface area contributed by atoms with Crippen LogP contribution in [-0.2, 0) is 29.6 Å². The predicted molar refractivity (Wildman–Crippen MR) is 220 cm³/mol. The number of para-hydroxylation sites is 1. The van der Waals surface area contributed by atoms with Crippen LogP contribution in [0, 0.1) is 0 Å². The monoisotopic (exact) mass is 890 g/mol. The predicted octanol–water partition coefficient (Wildman–Crippen LogP) is 8.05. The Morgan fingerprint density at radius 3 is 1.75 bits per heavy atom. The Kier molecular flexibility index (Phi) is 15.4. The minimum absolute atomic E-state index is 0.0404. The van der Waals surface area contributed by atoms with Crippen molar-refractivity contribution in [1.29, 1.82) is 0 Å². The second-order valence-electron chi connectivity index (χ2n) is 16.0. The Balaban J connectivity index is 1.55. The summed E-state index contributed by atoms with van der Waals surface area (Å²) in [6.07, 6.45) is -3.56. The van der Waals surface area contributed by atoms with Gasteiger partial charge in [-0.1, -0.05) is 71.3 Å². The van der Waals surface area contributed by atoms with E-state index in [0.717, 1.165) is 4.90 Å². The van der Waals surface area contributed by atoms with Crippen LogP contribution in [-0.4, -0.2) is 81.0 Å². The largest absolute Gasteiger partial charge is 0.406 e. The van der Waals surface area contributed by atoms with E-state index in [1.165, 1.54) is 7.05 Å². The third-order valence-electron chi connectivity index (χ3n) is 10.8. The Hall–Kier alpha value is -4.10. The number of sulfonamides is 2. The van der Waals surface area contributed by atoms with Gasteiger partial charge in [0.15, 0.2) is 10.7 Å². The molecule has 2 aromatic rings. The molecular weight excluding hydrogens is 837 g/mol. The minimum Gasteiger partial charge on any atom is -0.327 e. The van der Waals surface area contributed by atoms with Crippen molar-refractivity contribution in [3.05, 3.63) is 57.6 Å². The summed E-state index contributed by atoms with van der Waals surface area (Å²) >= 11 is 6.58. The standard InChI is InChI=1S/C39H54ClF3N6O8S2/c1-22(2)27-11-8-12-28(35(27)44-37(52)47-59(56,57)34-16-10-14-32(51)49(34)21-39(41,42)43)24(5)17-18-25(6)30-20-26(40)19-29(23(3)4)36(30)45-38(53)46-58(54,55)33-15-9-13-31(50)48(33)7/h8,11-12,19-20,22-25,33-34H,9-10,13-18,21H2,1-7H3,(H2,44,47,52)(H2,45,46,53). The number of amides is 6. The topological polar surface area (TPSA) is 191 Å². The van der Waals surface area contributed by atoms with Gasteiger partial charge in [-0.05, 0) is 96.6 Å². The molecule has 2 saturated heterocycles. The van der Waals surface area contributed by atoms with E-state index in [2.05, 4.69) is 15.4 Å². The lowest BCUT2D eigenvalue weighted by Crippen LogP contribution is -2.55. The average molecular weight is 891 g/mol. The maximum atomic E-state index is 13.4. The van der Waals surface area contributed by atoms with Gasteiger partial charge in [0.1, 0.15) is 6.54 Å². The molecule has 0 bridgehead atoms. The van der Waals surface area contributed by atoms with Crippen LogP contribution >= 0.6 is 11.6 Å². The molecule has 4 atom stereocenters. The Morgan fingerprint density at radius 1 is 0.746 bits per heavy atom. The maximum absolute atomic E-state index is 13.4. The highest BCUT2D eigenvalue weighted by Crippen LogP contribution is 2.40. The number of carbonyl (C=O) groups is 4. The highest BCUT2D eigenvalue weighted by Gasteiger charge is 2.44. The molecule has 4 rings (SSSR count). The number of hydrogen-bond donors (Lipinski definition) is 4. The van der Waals surface area contributed by atoms with E-state index in [9.17, 15) is 49.2 Å². The number of alkyl halides is 3. The van der Waals surface area contributed by atoms with E-state index in [0.29, 0.717) is 57.9 Å². The fourth-order valence-electron chi connectivity index (χ4n) is 7.66. The van der Waals surface area contributed by atoms with Crippen LogP contribution in [0.25, 0.3) is 0 Å². The van der Waals surface area contributed by atoms with Crippen LogP contribution in [0.2, 0.25) is 5.02 Å². The molecule has 14 nitrogen and oxygen atoms in total. The van der Waals surface area contributed by atoms with Crippen LogP contribution < -0.4 is 20.1 Å². The molecule has 20 heteroatoms. The lowest BCUT2D eigenvalue weighted by atomic mass is 9.85. The Bertz CT molecular complexity index is 2140. The van der Waals surface area contributed by atoms with E-state index >= 15 is 0 Å². The number of nitrogens with one attached hydrogen (secondary N) is 4. The molecule has 59 heavy (non-hydrogen) atoms. The van der Waals surface area contributed by atoms with Crippen LogP contribution in [0.4, 0.5) is 34.1 Å². The summed E-state index contributed by atoms with van der Waals surface area (Å²) in [6.45, 7) is 9.62. The molecule has 0 aromatic heterocycles. The first-order valence-corrected chi connectivity index (χ1v) is 23.0. The second kappa shape index (κ2) is 19.1. The third-order valence-corrected chi connectivity index (χ3v) is 14.5. The molecule has 2 heterocycles. The number of piperidine rings is 2. The van der Waals surface area contributed by atoms with Crippen molar-refractivity contribution in [2.24, 2.45) is 0 Å². The van der Waals surface area contributed by atoms with Gasteiger partial charge in [-0.25, -0.2) is 35.9 Å². The van der Waals surface area contributed by atoms with Gasteiger partial charge in [-0.2, -0.15) is 13.2 Å². The van der Waals surface area contributed by atoms with Crippen LogP contribution in [0.1, 0.15) is 139 Å². The maximum Gasteiger partial charge on any atom is 0.406 e. The normalized spacial score (nSPS) is 19.1. The average Bonchev–Trinajstić information content (AvgIpc) is 3.11. The lowest BCUT2D eigenvalue weighted by molar-refractivity contribution is -0.165. The van der Waals surface area contributed by atoms with Gasteiger partial charge >= 0.3 is 18.2 Å². The minimum atomic E-state index is -4.85. The summed E-state index contributed by atoms with van der Waals surface area (Å²) in [6, 6.07) is 6.56. The summed E-state index contributed by atoms with van der Waals surface area (Å²) in [5, 5.41) is 2.69. The molecule has 2 aromatic carbocycles. The van der Waals surface area contributed by atoms with E-state index in [-0.39, 0.29) is 66.6 Å². The third kappa shape index (κ3) is 12.0. The SMILES string of the molecule is CC(C)c1cc(Cl)cc(C(C)CCC(C)c2cccc(C(C)C)c2NC(=O)NS(=O)(=O)C2CCCC(=O)N2CC(F)(F)F)c1NC(=O)NS(=O)(=O)C1CCCC(=O)N1C. The second-order valence-corrected chi connectivity index (χ2v) is 20.1. The van der Waals surface area contributed by atoms with Gasteiger partial charge in [0.25, 0.3) is 20.0 Å². The number of urea groups is 2. The number of nitrogens with zero attached hydrogens (tertiary/aromatic N) is 2. The van der Waals surface area contributed by atoms with Crippen molar-refractivity contribution in [2.45, 2.75) is 134 Å². The zero-order valence-electron chi connectivity index (χ0n) is 34.2. The van der Waals surface area contributed by atoms with Crippen LogP contribution in [0.5, 0.6) is 0 Å². The number of anilines is 2. The molecule has 2 aliphatic heterocycles. The van der Waals surface area contributed by atoms with E-state index in [4.69, 9.17) is 11.6 Å². The molecule has 2 fully saturated rings. The molecule has 4 N–H and O–H groups in total. The van der Waals surface area contributed by atoms with Crippen LogP contribution in [0.15, 0.2) is 30.3 Å². The van der Waals surface area contributed by atoms with Crippen molar-refractivity contribution in [2.75, 3.05) is 24.2 Å². The summed E-state index contributed by atoms with van der Waals surface area (Å²) in [5.41, 5.74) is 3.37. The van der Waals surface area contributed by atoms with Crippen molar-refractivity contribution >= 4 is 66.9 Å². The molecule has 4 unspecified atom stereocenters. The Labute approximate surface area is 349 Å². The van der Waals surface area contributed by atoms with Gasteiger partial charge in [0, 0.05) is 36.3 Å². The van der Waals surface area contributed by atoms with Gasteiger partial charge in [-0.3, -0.25) is 9.59 Å². The zero-order chi connectivity index (χ0) is 44.2. The summed E-state index contributed by atoms with van der Waals surface area (Å²) < 4.78 is 96.9. The number of carbonyl (C=O) groups excluding carboxylic acids is 4. The number of halogens is 4. The summed E-state index contributed by atoms with van der Waals surface area (Å²) in [7, 11) is -7.66. The fraction of sp³-hybridized carbons (Fsp3) is 0.590. The van der Waals surface area contributed by atoms with Gasteiger partial charge < -0.3 is 20.4 Å². The quantitative estimate of drug-likeness (QED) is 0.146. The van der Waals surface area contributed by atoms with Gasteiger partial charge in [-0.15, -0.1) is 0 Å². The van der Waals surface area contributed by atoms with E-state index in [1.54, 1.807) is 30.3 Å². The van der Waals surface area contributed by atoms with Crippen molar-refractivity contribution in [3.63, 3.8) is 0 Å². The highest BCUT2D eigenvalue weighted by atomic mass is 35.5. The fourth-order valence-corrected chi connectivity index (χ4v) is 10.8. The lowest BCUT2D eigenvalue weighted by Gasteiger charge is -2.35. The molecule has 0 saturated carbocycles. The number of likely N-dealkylation sites (tertiary alicyclic amines) is 2. The molecule has 6 amide bonds. The first-order chi connectivity index (χ1) is 27.3. The van der Waals surface area contributed by atoms with Crippen molar-refractivity contribution in [3.8, 4) is 0 Å². The number of rotatable bonds is 14. The first kappa shape index (κ1) is 47.6. The van der Waals surface area contributed by atoms with Gasteiger partial charge in [0.2, 0.25) is 11.8 Å². The van der Waals surface area contributed by atoms with Crippen molar-refractivity contribution < 1.29 is 49.2 Å². The smallest absolute Gasteiger partial charge is 0.327 e. The van der Waals surface area contributed by atoms with Crippen LogP contribution in [0.3, 0.4) is 0 Å². The molecule has 0 aliphatic carbocycles. The molecule has 328 valence electrons. The molecule has 0 spiro atoms. The van der Waals surface area contributed by atoms with E-state index in [1.807, 2.05) is 46.3 Å². The highest BCUT2D eigenvalue weighted by molar-refractivity contribution is 7.90. The summed E-state index contributed by atoms with van der Waals surface area (Å²) in [5.74, 6) is -2.11. The Morgan fingerprint density at radius 2 is 1.20 bits per heavy atom. The molecular formula is C39H54ClF3N6O8S2.